The van der Waals surface area contributed by atoms with Crippen LogP contribution >= 0.6 is 11.6 Å². The summed E-state index contributed by atoms with van der Waals surface area (Å²) in [5.74, 6) is 0.415. The topological polar surface area (TPSA) is 75.7 Å². The molecule has 0 saturated carbocycles. The molecule has 180 valence electrons. The molecule has 33 heavy (non-hydrogen) atoms. The van der Waals surface area contributed by atoms with Gasteiger partial charge in [-0.1, -0.05) is 56.6 Å². The minimum Gasteiger partial charge on any atom is -0.487 e. The van der Waals surface area contributed by atoms with Gasteiger partial charge in [0, 0.05) is 17.0 Å². The Hall–Kier alpha value is -2.25. The molecule has 0 spiro atoms. The summed E-state index contributed by atoms with van der Waals surface area (Å²) < 4.78 is 33.1. The lowest BCUT2D eigenvalue weighted by Crippen LogP contribution is -2.52. The quantitative estimate of drug-likeness (QED) is 0.536. The number of sulfonamides is 1. The summed E-state index contributed by atoms with van der Waals surface area (Å²) in [4.78, 5) is 13.6. The van der Waals surface area contributed by atoms with Crippen LogP contribution in [0.15, 0.2) is 42.5 Å². The summed E-state index contributed by atoms with van der Waals surface area (Å²) in [6, 6.07) is 11.5. The van der Waals surface area contributed by atoms with Crippen LogP contribution in [0.3, 0.4) is 0 Å². The molecule has 1 N–H and O–H groups in total. The van der Waals surface area contributed by atoms with Crippen molar-refractivity contribution in [1.29, 1.82) is 0 Å². The summed E-state index contributed by atoms with van der Waals surface area (Å²) in [5, 5.41) is 3.59. The summed E-state index contributed by atoms with van der Waals surface area (Å²) in [5.41, 5.74) is 1.73. The van der Waals surface area contributed by atoms with Crippen LogP contribution in [0.4, 0.5) is 5.69 Å². The number of carbonyl (C=O) groups excluding carboxylic acids is 1. The van der Waals surface area contributed by atoms with Crippen molar-refractivity contribution in [2.75, 3.05) is 10.6 Å². The molecule has 1 heterocycles. The molecule has 0 aliphatic carbocycles. The number of aryl methyl sites for hydroxylation is 1. The Morgan fingerprint density at radius 1 is 1.21 bits per heavy atom. The highest BCUT2D eigenvalue weighted by molar-refractivity contribution is 7.92. The number of anilines is 1. The second-order valence-corrected chi connectivity index (χ2v) is 11.0. The Morgan fingerprint density at radius 2 is 1.88 bits per heavy atom. The Morgan fingerprint density at radius 3 is 2.45 bits per heavy atom. The van der Waals surface area contributed by atoms with E-state index in [2.05, 4.69) is 19.2 Å². The highest BCUT2D eigenvalue weighted by Gasteiger charge is 2.40. The van der Waals surface area contributed by atoms with Gasteiger partial charge in [0.15, 0.2) is 0 Å². The monoisotopic (exact) mass is 492 g/mol. The normalized spacial score (nSPS) is 18.1. The largest absolute Gasteiger partial charge is 0.487 e. The molecule has 3 rings (SSSR count). The third kappa shape index (κ3) is 5.30. The van der Waals surface area contributed by atoms with E-state index in [1.165, 1.54) is 4.31 Å². The fourth-order valence-electron chi connectivity index (χ4n) is 4.48. The van der Waals surface area contributed by atoms with Gasteiger partial charge in [-0.2, -0.15) is 0 Å². The van der Waals surface area contributed by atoms with Crippen LogP contribution in [0.25, 0.3) is 0 Å². The van der Waals surface area contributed by atoms with Gasteiger partial charge in [-0.25, -0.2) is 8.42 Å². The van der Waals surface area contributed by atoms with Gasteiger partial charge in [-0.15, -0.1) is 0 Å². The molecule has 2 aromatic rings. The van der Waals surface area contributed by atoms with Crippen molar-refractivity contribution in [3.8, 4) is 5.75 Å². The molecule has 1 aliphatic rings. The van der Waals surface area contributed by atoms with Crippen LogP contribution in [0.5, 0.6) is 5.75 Å². The predicted molar refractivity (Wildman–Crippen MR) is 133 cm³/mol. The van der Waals surface area contributed by atoms with Gasteiger partial charge < -0.3 is 10.1 Å². The molecule has 1 aliphatic heterocycles. The Balaban J connectivity index is 1.97. The lowest BCUT2D eigenvalue weighted by atomic mass is 9.83. The zero-order valence-electron chi connectivity index (χ0n) is 19.9. The van der Waals surface area contributed by atoms with E-state index in [1.54, 1.807) is 25.1 Å². The minimum absolute atomic E-state index is 0.278. The molecule has 0 aromatic heterocycles. The van der Waals surface area contributed by atoms with Gasteiger partial charge >= 0.3 is 0 Å². The van der Waals surface area contributed by atoms with Gasteiger partial charge in [-0.3, -0.25) is 9.10 Å². The first kappa shape index (κ1) is 25.4. The maximum atomic E-state index is 13.6. The van der Waals surface area contributed by atoms with E-state index in [1.807, 2.05) is 31.2 Å². The summed E-state index contributed by atoms with van der Waals surface area (Å²) in [6.45, 7) is 7.81. The number of hydrogen-bond acceptors (Lipinski definition) is 4. The number of rotatable bonds is 8. The first-order valence-corrected chi connectivity index (χ1v) is 13.6. The second kappa shape index (κ2) is 9.94. The highest BCUT2D eigenvalue weighted by atomic mass is 35.5. The number of nitrogens with zero attached hydrogens (tertiary/aromatic N) is 1. The molecule has 0 fully saturated rings. The molecular formula is C25H33ClN2O4S. The van der Waals surface area contributed by atoms with Crippen molar-refractivity contribution >= 4 is 33.2 Å². The summed E-state index contributed by atoms with van der Waals surface area (Å²) >= 11 is 6.27. The fraction of sp³-hybridized carbons (Fsp3) is 0.480. The van der Waals surface area contributed by atoms with Crippen molar-refractivity contribution in [2.24, 2.45) is 0 Å². The van der Waals surface area contributed by atoms with Crippen molar-refractivity contribution in [3.05, 3.63) is 58.6 Å². The molecule has 8 heteroatoms. The van der Waals surface area contributed by atoms with Gasteiger partial charge in [0.25, 0.3) is 0 Å². The maximum absolute atomic E-state index is 13.6. The van der Waals surface area contributed by atoms with E-state index in [0.717, 1.165) is 36.0 Å². The van der Waals surface area contributed by atoms with Crippen molar-refractivity contribution in [2.45, 2.75) is 71.1 Å². The number of fused-ring (bicyclic) bond motifs is 1. The predicted octanol–water partition coefficient (Wildman–Crippen LogP) is 5.39. The zero-order chi connectivity index (χ0) is 24.4. The van der Waals surface area contributed by atoms with Crippen LogP contribution in [0, 0.1) is 6.92 Å². The summed E-state index contributed by atoms with van der Waals surface area (Å²) in [6.07, 6.45) is 3.65. The van der Waals surface area contributed by atoms with E-state index >= 15 is 0 Å². The second-order valence-electron chi connectivity index (χ2n) is 8.71. The Labute approximate surface area is 202 Å². The molecule has 0 radical (unpaired) electrons. The molecule has 2 unspecified atom stereocenters. The SMILES string of the molecule is CCC(C(=O)NC1CC(CC)(CC)Oc2ccccc21)N(c1ccc(C)c(Cl)c1)S(C)(=O)=O. The van der Waals surface area contributed by atoms with Crippen LogP contribution in [0.2, 0.25) is 5.02 Å². The number of benzene rings is 2. The van der Waals surface area contributed by atoms with Crippen molar-refractivity contribution in [3.63, 3.8) is 0 Å². The molecular weight excluding hydrogens is 460 g/mol. The van der Waals surface area contributed by atoms with Gasteiger partial charge in [0.1, 0.15) is 17.4 Å². The van der Waals surface area contributed by atoms with E-state index in [-0.39, 0.29) is 17.6 Å². The number of para-hydroxylation sites is 1. The number of hydrogen-bond donors (Lipinski definition) is 1. The van der Waals surface area contributed by atoms with E-state index in [9.17, 15) is 13.2 Å². The van der Waals surface area contributed by atoms with Crippen LogP contribution in [-0.4, -0.2) is 32.2 Å². The molecule has 0 saturated heterocycles. The highest BCUT2D eigenvalue weighted by Crippen LogP contribution is 2.42. The fourth-order valence-corrected chi connectivity index (χ4v) is 5.86. The lowest BCUT2D eigenvalue weighted by Gasteiger charge is -2.42. The summed E-state index contributed by atoms with van der Waals surface area (Å²) in [7, 11) is -3.75. The van der Waals surface area contributed by atoms with E-state index < -0.39 is 16.1 Å². The van der Waals surface area contributed by atoms with Crippen molar-refractivity contribution in [1.82, 2.24) is 5.32 Å². The number of halogens is 1. The maximum Gasteiger partial charge on any atom is 0.244 e. The molecule has 2 aromatic carbocycles. The molecule has 2 atom stereocenters. The van der Waals surface area contributed by atoms with Crippen molar-refractivity contribution < 1.29 is 17.9 Å². The zero-order valence-corrected chi connectivity index (χ0v) is 21.5. The van der Waals surface area contributed by atoms with Crippen LogP contribution in [-0.2, 0) is 14.8 Å². The third-order valence-electron chi connectivity index (χ3n) is 6.54. The van der Waals surface area contributed by atoms with Gasteiger partial charge in [0.05, 0.1) is 18.0 Å². The van der Waals surface area contributed by atoms with Gasteiger partial charge in [-0.05, 0) is 49.9 Å². The first-order chi connectivity index (χ1) is 15.5. The number of ether oxygens (including phenoxy) is 1. The number of carbonyl (C=O) groups is 1. The lowest BCUT2D eigenvalue weighted by molar-refractivity contribution is -0.123. The Bertz CT molecular complexity index is 1120. The smallest absolute Gasteiger partial charge is 0.244 e. The van der Waals surface area contributed by atoms with E-state index in [4.69, 9.17) is 16.3 Å². The number of nitrogens with one attached hydrogen (secondary N) is 1. The van der Waals surface area contributed by atoms with E-state index in [0.29, 0.717) is 23.6 Å². The average Bonchev–Trinajstić information content (AvgIpc) is 2.78. The standard InChI is InChI=1S/C25H33ClN2O4S/c1-6-22(28(33(5,30)31)18-14-13-17(4)20(26)15-18)24(29)27-21-16-25(7-2,8-3)32-23-12-10-9-11-19(21)23/h9-15,21-22H,6-8,16H2,1-5H3,(H,27,29). The molecule has 1 amide bonds. The molecule has 6 nitrogen and oxygen atoms in total. The average molecular weight is 493 g/mol. The Kier molecular flexibility index (Phi) is 7.64. The minimum atomic E-state index is -3.75. The van der Waals surface area contributed by atoms with Gasteiger partial charge in [0.2, 0.25) is 15.9 Å². The van der Waals surface area contributed by atoms with Crippen LogP contribution in [0.1, 0.15) is 63.6 Å². The third-order valence-corrected chi connectivity index (χ3v) is 8.13. The molecule has 0 bridgehead atoms. The number of amides is 1. The van der Waals surface area contributed by atoms with Crippen LogP contribution < -0.4 is 14.4 Å². The first-order valence-electron chi connectivity index (χ1n) is 11.4.